The number of likely N-dealkylation sites (N-methyl/N-ethyl adjacent to an activating group) is 1. The molecule has 1 rings (SSSR count). The standard InChI is InChI=1S/C11H15Cl2N3O3S/c1-3-15-11(17)6(2)16-20(18,19)8-5-4-7(12)10(14)9(8)13/h4-6,16H,3,14H2,1-2H3,(H,15,17). The normalized spacial score (nSPS) is 13.0. The summed E-state index contributed by atoms with van der Waals surface area (Å²) >= 11 is 11.6. The molecule has 1 aromatic rings. The third-order valence-corrected chi connectivity index (χ3v) is 4.89. The van der Waals surface area contributed by atoms with Crippen LogP contribution in [0.3, 0.4) is 0 Å². The predicted molar refractivity (Wildman–Crippen MR) is 79.3 cm³/mol. The van der Waals surface area contributed by atoms with E-state index in [9.17, 15) is 13.2 Å². The maximum absolute atomic E-state index is 12.2. The summed E-state index contributed by atoms with van der Waals surface area (Å²) in [6.07, 6.45) is 0. The van der Waals surface area contributed by atoms with Crippen molar-refractivity contribution in [2.45, 2.75) is 24.8 Å². The minimum absolute atomic E-state index is 0.0260. The van der Waals surface area contributed by atoms with Crippen molar-refractivity contribution in [1.29, 1.82) is 0 Å². The SMILES string of the molecule is CCNC(=O)C(C)NS(=O)(=O)c1ccc(Cl)c(N)c1Cl. The summed E-state index contributed by atoms with van der Waals surface area (Å²) in [6.45, 7) is 3.56. The van der Waals surface area contributed by atoms with Gasteiger partial charge in [-0.1, -0.05) is 23.2 Å². The summed E-state index contributed by atoms with van der Waals surface area (Å²) in [5, 5.41) is 2.49. The molecular formula is C11H15Cl2N3O3S. The first kappa shape index (κ1) is 17.0. The lowest BCUT2D eigenvalue weighted by atomic mass is 10.3. The molecule has 0 saturated carbocycles. The highest BCUT2D eigenvalue weighted by molar-refractivity contribution is 7.89. The Morgan fingerprint density at radius 1 is 1.40 bits per heavy atom. The number of carbonyl (C=O) groups excluding carboxylic acids is 1. The Balaban J connectivity index is 3.07. The van der Waals surface area contributed by atoms with E-state index in [2.05, 4.69) is 10.0 Å². The van der Waals surface area contributed by atoms with E-state index in [1.807, 2.05) is 0 Å². The zero-order valence-corrected chi connectivity index (χ0v) is 13.2. The second-order valence-corrected chi connectivity index (χ2v) is 6.48. The van der Waals surface area contributed by atoms with E-state index in [1.54, 1.807) is 6.92 Å². The van der Waals surface area contributed by atoms with Crippen LogP contribution in [0.5, 0.6) is 0 Å². The molecule has 0 aliphatic carbocycles. The van der Waals surface area contributed by atoms with Gasteiger partial charge in [0.15, 0.2) is 0 Å². The van der Waals surface area contributed by atoms with E-state index < -0.39 is 22.0 Å². The van der Waals surface area contributed by atoms with Crippen molar-refractivity contribution in [2.75, 3.05) is 12.3 Å². The van der Waals surface area contributed by atoms with Crippen LogP contribution in [0.1, 0.15) is 13.8 Å². The number of anilines is 1. The summed E-state index contributed by atoms with van der Waals surface area (Å²) in [6, 6.07) is 1.62. The van der Waals surface area contributed by atoms with Gasteiger partial charge in [0.1, 0.15) is 4.90 Å². The van der Waals surface area contributed by atoms with Crippen LogP contribution >= 0.6 is 23.2 Å². The van der Waals surface area contributed by atoms with Gasteiger partial charge in [-0.25, -0.2) is 8.42 Å². The monoisotopic (exact) mass is 339 g/mol. The van der Waals surface area contributed by atoms with Crippen LogP contribution in [0, 0.1) is 0 Å². The average molecular weight is 340 g/mol. The van der Waals surface area contributed by atoms with Gasteiger partial charge in [0, 0.05) is 6.54 Å². The third kappa shape index (κ3) is 3.76. The van der Waals surface area contributed by atoms with Crippen molar-refractivity contribution in [1.82, 2.24) is 10.0 Å². The largest absolute Gasteiger partial charge is 0.396 e. The Kier molecular flexibility index (Phi) is 5.64. The first-order valence-corrected chi connectivity index (χ1v) is 7.98. The molecule has 1 amide bonds. The first-order valence-electron chi connectivity index (χ1n) is 5.74. The maximum atomic E-state index is 12.2. The number of nitrogens with one attached hydrogen (secondary N) is 2. The number of benzene rings is 1. The molecule has 4 N–H and O–H groups in total. The fraction of sp³-hybridized carbons (Fsp3) is 0.364. The van der Waals surface area contributed by atoms with Crippen LogP contribution in [-0.2, 0) is 14.8 Å². The highest BCUT2D eigenvalue weighted by Gasteiger charge is 2.25. The molecule has 1 atom stereocenters. The van der Waals surface area contributed by atoms with Crippen LogP contribution in [-0.4, -0.2) is 26.9 Å². The van der Waals surface area contributed by atoms with Gasteiger partial charge in [-0.3, -0.25) is 4.79 Å². The minimum Gasteiger partial charge on any atom is -0.396 e. The van der Waals surface area contributed by atoms with Crippen molar-refractivity contribution in [3.63, 3.8) is 0 Å². The van der Waals surface area contributed by atoms with Crippen LogP contribution in [0.25, 0.3) is 0 Å². The van der Waals surface area contributed by atoms with E-state index >= 15 is 0 Å². The molecule has 0 aromatic heterocycles. The van der Waals surface area contributed by atoms with Gasteiger partial charge < -0.3 is 11.1 Å². The van der Waals surface area contributed by atoms with Crippen molar-refractivity contribution in [3.05, 3.63) is 22.2 Å². The van der Waals surface area contributed by atoms with Gasteiger partial charge in [0.2, 0.25) is 15.9 Å². The Morgan fingerprint density at radius 2 is 2.00 bits per heavy atom. The van der Waals surface area contributed by atoms with Gasteiger partial charge in [0.25, 0.3) is 0 Å². The molecule has 1 unspecified atom stereocenters. The van der Waals surface area contributed by atoms with Gasteiger partial charge in [-0.05, 0) is 26.0 Å². The van der Waals surface area contributed by atoms with Gasteiger partial charge in [-0.15, -0.1) is 0 Å². The summed E-state index contributed by atoms with van der Waals surface area (Å²) in [7, 11) is -3.97. The topological polar surface area (TPSA) is 101 Å². The van der Waals surface area contributed by atoms with Crippen molar-refractivity contribution in [3.8, 4) is 0 Å². The molecule has 0 heterocycles. The molecule has 0 aliphatic heterocycles. The fourth-order valence-electron chi connectivity index (χ4n) is 1.43. The summed E-state index contributed by atoms with van der Waals surface area (Å²) in [5.74, 6) is -0.436. The Hall–Kier alpha value is -1.02. The average Bonchev–Trinajstić information content (AvgIpc) is 2.35. The van der Waals surface area contributed by atoms with Crippen molar-refractivity contribution < 1.29 is 13.2 Å². The Morgan fingerprint density at radius 3 is 2.55 bits per heavy atom. The molecule has 6 nitrogen and oxygen atoms in total. The molecule has 20 heavy (non-hydrogen) atoms. The Bertz CT molecular complexity index is 620. The van der Waals surface area contributed by atoms with Crippen LogP contribution in [0.15, 0.2) is 17.0 Å². The van der Waals surface area contributed by atoms with E-state index in [4.69, 9.17) is 28.9 Å². The number of hydrogen-bond acceptors (Lipinski definition) is 4. The first-order chi connectivity index (χ1) is 9.20. The Labute approximate surface area is 127 Å². The van der Waals surface area contributed by atoms with E-state index in [0.29, 0.717) is 6.54 Å². The number of nitrogen functional groups attached to an aromatic ring is 1. The van der Waals surface area contributed by atoms with Gasteiger partial charge >= 0.3 is 0 Å². The minimum atomic E-state index is -3.97. The van der Waals surface area contributed by atoms with E-state index in [1.165, 1.54) is 19.1 Å². The van der Waals surface area contributed by atoms with Crippen LogP contribution < -0.4 is 15.8 Å². The molecule has 1 aromatic carbocycles. The third-order valence-electron chi connectivity index (χ3n) is 2.46. The number of amides is 1. The van der Waals surface area contributed by atoms with Crippen molar-refractivity contribution >= 4 is 44.8 Å². The summed E-state index contributed by atoms with van der Waals surface area (Å²) in [5.41, 5.74) is 5.56. The number of carbonyl (C=O) groups is 1. The second-order valence-electron chi connectivity index (χ2n) is 4.01. The molecule has 0 bridgehead atoms. The molecular weight excluding hydrogens is 325 g/mol. The summed E-state index contributed by atoms with van der Waals surface area (Å²) < 4.78 is 26.5. The van der Waals surface area contributed by atoms with Gasteiger partial charge in [-0.2, -0.15) is 4.72 Å². The van der Waals surface area contributed by atoms with Crippen LogP contribution in [0.4, 0.5) is 5.69 Å². The van der Waals surface area contributed by atoms with Crippen molar-refractivity contribution in [2.24, 2.45) is 0 Å². The lowest BCUT2D eigenvalue weighted by Gasteiger charge is -2.15. The number of nitrogens with two attached hydrogens (primary N) is 1. The number of rotatable bonds is 5. The second kappa shape index (κ2) is 6.62. The zero-order chi connectivity index (χ0) is 15.5. The van der Waals surface area contributed by atoms with Crippen LogP contribution in [0.2, 0.25) is 10.0 Å². The molecule has 0 radical (unpaired) electrons. The molecule has 0 fully saturated rings. The zero-order valence-electron chi connectivity index (χ0n) is 10.9. The highest BCUT2D eigenvalue weighted by atomic mass is 35.5. The number of halogens is 2. The van der Waals surface area contributed by atoms with E-state index in [0.717, 1.165) is 0 Å². The number of hydrogen-bond donors (Lipinski definition) is 3. The smallest absolute Gasteiger partial charge is 0.242 e. The highest BCUT2D eigenvalue weighted by Crippen LogP contribution is 2.32. The molecule has 9 heteroatoms. The fourth-order valence-corrected chi connectivity index (χ4v) is 3.40. The predicted octanol–water partition coefficient (Wildman–Crippen LogP) is 1.38. The molecule has 0 saturated heterocycles. The number of sulfonamides is 1. The quantitative estimate of drug-likeness (QED) is 0.705. The van der Waals surface area contributed by atoms with E-state index in [-0.39, 0.29) is 20.6 Å². The lowest BCUT2D eigenvalue weighted by Crippen LogP contribution is -2.44. The molecule has 0 spiro atoms. The lowest BCUT2D eigenvalue weighted by molar-refractivity contribution is -0.122. The molecule has 0 aliphatic rings. The summed E-state index contributed by atoms with van der Waals surface area (Å²) in [4.78, 5) is 11.3. The molecule has 112 valence electrons. The van der Waals surface area contributed by atoms with Gasteiger partial charge in [0.05, 0.1) is 21.8 Å². The maximum Gasteiger partial charge on any atom is 0.242 e.